The zero-order chi connectivity index (χ0) is 16.8. The molecular formula is C16H21F4NO. The number of alkyl halides is 3. The molecule has 2 nitrogen and oxygen atoms in total. The van der Waals surface area contributed by atoms with E-state index in [1.807, 2.05) is 13.8 Å². The fourth-order valence-electron chi connectivity index (χ4n) is 2.26. The van der Waals surface area contributed by atoms with Gasteiger partial charge < -0.3 is 5.32 Å². The molecule has 0 saturated heterocycles. The Bertz CT molecular complexity index is 499. The molecule has 0 saturated carbocycles. The van der Waals surface area contributed by atoms with Gasteiger partial charge in [0.05, 0.1) is 11.1 Å². The smallest absolute Gasteiger partial charge is 0.352 e. The van der Waals surface area contributed by atoms with E-state index in [0.717, 1.165) is 37.8 Å². The van der Waals surface area contributed by atoms with Gasteiger partial charge in [-0.15, -0.1) is 0 Å². The minimum Gasteiger partial charge on any atom is -0.352 e. The van der Waals surface area contributed by atoms with Crippen LogP contribution in [-0.2, 0) is 6.18 Å². The van der Waals surface area contributed by atoms with Gasteiger partial charge in [0.1, 0.15) is 5.82 Å². The molecule has 1 amide bonds. The fraction of sp³-hybridized carbons (Fsp3) is 0.562. The molecule has 0 radical (unpaired) electrons. The molecule has 0 spiro atoms. The van der Waals surface area contributed by atoms with E-state index in [0.29, 0.717) is 6.07 Å². The van der Waals surface area contributed by atoms with Crippen molar-refractivity contribution in [3.05, 3.63) is 35.1 Å². The molecule has 0 aliphatic carbocycles. The van der Waals surface area contributed by atoms with Crippen molar-refractivity contribution in [2.24, 2.45) is 5.92 Å². The van der Waals surface area contributed by atoms with Crippen LogP contribution in [0.4, 0.5) is 17.6 Å². The third kappa shape index (κ3) is 5.00. The molecule has 6 heteroatoms. The Labute approximate surface area is 127 Å². The molecule has 1 rings (SSSR count). The quantitative estimate of drug-likeness (QED) is 0.719. The van der Waals surface area contributed by atoms with Crippen LogP contribution in [0.15, 0.2) is 18.2 Å². The zero-order valence-electron chi connectivity index (χ0n) is 12.8. The van der Waals surface area contributed by atoms with Gasteiger partial charge in [-0.25, -0.2) is 4.39 Å². The number of benzene rings is 1. The van der Waals surface area contributed by atoms with Crippen molar-refractivity contribution < 1.29 is 22.4 Å². The zero-order valence-corrected chi connectivity index (χ0v) is 12.8. The number of amides is 1. The van der Waals surface area contributed by atoms with Gasteiger partial charge in [-0.2, -0.15) is 13.2 Å². The van der Waals surface area contributed by atoms with E-state index in [-0.39, 0.29) is 12.5 Å². The van der Waals surface area contributed by atoms with Crippen LogP contribution in [-0.4, -0.2) is 12.5 Å². The van der Waals surface area contributed by atoms with Crippen molar-refractivity contribution in [1.29, 1.82) is 0 Å². The first kappa shape index (κ1) is 18.5. The molecule has 1 aromatic carbocycles. The molecule has 0 aliphatic heterocycles. The van der Waals surface area contributed by atoms with E-state index in [9.17, 15) is 22.4 Å². The average molecular weight is 319 g/mol. The van der Waals surface area contributed by atoms with Crippen molar-refractivity contribution in [3.63, 3.8) is 0 Å². The highest BCUT2D eigenvalue weighted by molar-refractivity contribution is 5.96. The second-order valence-corrected chi connectivity index (χ2v) is 5.29. The number of unbranched alkanes of at least 4 members (excludes halogenated alkanes) is 1. The lowest BCUT2D eigenvalue weighted by molar-refractivity contribution is -0.138. The van der Waals surface area contributed by atoms with Gasteiger partial charge in [0, 0.05) is 6.54 Å². The maximum Gasteiger partial charge on any atom is 0.417 e. The summed E-state index contributed by atoms with van der Waals surface area (Å²) in [5.74, 6) is -1.99. The topological polar surface area (TPSA) is 29.1 Å². The Hall–Kier alpha value is -1.59. The lowest BCUT2D eigenvalue weighted by Gasteiger charge is -2.17. The summed E-state index contributed by atoms with van der Waals surface area (Å²) in [6, 6.07) is 2.52. The molecule has 1 atom stereocenters. The second-order valence-electron chi connectivity index (χ2n) is 5.29. The van der Waals surface area contributed by atoms with Gasteiger partial charge >= 0.3 is 6.18 Å². The predicted molar refractivity (Wildman–Crippen MR) is 77.0 cm³/mol. The molecule has 1 unspecified atom stereocenters. The van der Waals surface area contributed by atoms with Gasteiger partial charge in [0.15, 0.2) is 0 Å². The molecule has 0 bridgehead atoms. The van der Waals surface area contributed by atoms with Gasteiger partial charge in [-0.3, -0.25) is 4.79 Å². The maximum atomic E-state index is 13.7. The van der Waals surface area contributed by atoms with Crippen LogP contribution < -0.4 is 5.32 Å². The summed E-state index contributed by atoms with van der Waals surface area (Å²) in [5, 5.41) is 2.43. The summed E-state index contributed by atoms with van der Waals surface area (Å²) >= 11 is 0. The number of halogens is 4. The standard InChI is InChI=1S/C16H21F4NO/c1-3-5-7-11(4-2)10-21-15(22)14-12(16(18,19)20)8-6-9-13(14)17/h6,8-9,11H,3-5,7,10H2,1-2H3,(H,21,22). The summed E-state index contributed by atoms with van der Waals surface area (Å²) in [6.45, 7) is 4.25. The van der Waals surface area contributed by atoms with E-state index >= 15 is 0 Å². The summed E-state index contributed by atoms with van der Waals surface area (Å²) in [6.07, 6.45) is -1.07. The van der Waals surface area contributed by atoms with E-state index in [4.69, 9.17) is 0 Å². The van der Waals surface area contributed by atoms with Crippen LogP contribution in [0.25, 0.3) is 0 Å². The van der Waals surface area contributed by atoms with E-state index in [1.54, 1.807) is 0 Å². The number of rotatable bonds is 7. The normalized spacial score (nSPS) is 13.0. The van der Waals surface area contributed by atoms with Crippen molar-refractivity contribution in [2.75, 3.05) is 6.54 Å². The minimum absolute atomic E-state index is 0.185. The fourth-order valence-corrected chi connectivity index (χ4v) is 2.26. The Morgan fingerprint density at radius 1 is 1.27 bits per heavy atom. The number of hydrogen-bond donors (Lipinski definition) is 1. The number of nitrogens with one attached hydrogen (secondary N) is 1. The number of hydrogen-bond acceptors (Lipinski definition) is 1. The van der Waals surface area contributed by atoms with Crippen molar-refractivity contribution in [1.82, 2.24) is 5.32 Å². The highest BCUT2D eigenvalue weighted by Gasteiger charge is 2.36. The highest BCUT2D eigenvalue weighted by atomic mass is 19.4. The van der Waals surface area contributed by atoms with E-state index in [2.05, 4.69) is 5.32 Å². The van der Waals surface area contributed by atoms with Crippen molar-refractivity contribution >= 4 is 5.91 Å². The average Bonchev–Trinajstić information content (AvgIpc) is 2.46. The van der Waals surface area contributed by atoms with Gasteiger partial charge in [0.2, 0.25) is 0 Å². The highest BCUT2D eigenvalue weighted by Crippen LogP contribution is 2.33. The molecule has 22 heavy (non-hydrogen) atoms. The summed E-state index contributed by atoms with van der Waals surface area (Å²) in [4.78, 5) is 12.0. The third-order valence-corrected chi connectivity index (χ3v) is 3.64. The van der Waals surface area contributed by atoms with Crippen molar-refractivity contribution in [2.45, 2.75) is 45.7 Å². The Kier molecular flexibility index (Phi) is 6.84. The van der Waals surface area contributed by atoms with Crippen LogP contribution in [0, 0.1) is 11.7 Å². The van der Waals surface area contributed by atoms with Crippen molar-refractivity contribution in [3.8, 4) is 0 Å². The first-order chi connectivity index (χ1) is 10.3. The molecular weight excluding hydrogens is 298 g/mol. The first-order valence-electron chi connectivity index (χ1n) is 7.45. The van der Waals surface area contributed by atoms with Crippen LogP contribution in [0.1, 0.15) is 55.5 Å². The largest absolute Gasteiger partial charge is 0.417 e. The third-order valence-electron chi connectivity index (χ3n) is 3.64. The molecule has 1 N–H and O–H groups in total. The maximum absolute atomic E-state index is 13.7. The Morgan fingerprint density at radius 2 is 1.95 bits per heavy atom. The van der Waals surface area contributed by atoms with Crippen LogP contribution in [0.3, 0.4) is 0 Å². The molecule has 124 valence electrons. The molecule has 0 aliphatic rings. The minimum atomic E-state index is -4.76. The first-order valence-corrected chi connectivity index (χ1v) is 7.45. The van der Waals surface area contributed by atoms with E-state index in [1.165, 1.54) is 0 Å². The monoisotopic (exact) mass is 319 g/mol. The Morgan fingerprint density at radius 3 is 2.50 bits per heavy atom. The summed E-state index contributed by atoms with van der Waals surface area (Å²) < 4.78 is 52.3. The van der Waals surface area contributed by atoms with Gasteiger partial charge in [-0.05, 0) is 24.5 Å². The van der Waals surface area contributed by atoms with Crippen LogP contribution in [0.2, 0.25) is 0 Å². The SMILES string of the molecule is CCCCC(CC)CNC(=O)c1c(F)cccc1C(F)(F)F. The van der Waals surface area contributed by atoms with Gasteiger partial charge in [-0.1, -0.05) is 39.2 Å². The predicted octanol–water partition coefficient (Wildman–Crippen LogP) is 4.79. The second kappa shape index (κ2) is 8.15. The van der Waals surface area contributed by atoms with Crippen LogP contribution >= 0.6 is 0 Å². The summed E-state index contributed by atoms with van der Waals surface area (Å²) in [7, 11) is 0. The lowest BCUT2D eigenvalue weighted by Crippen LogP contribution is -2.31. The number of carbonyl (C=O) groups excluding carboxylic acids is 1. The molecule has 0 fully saturated rings. The summed E-state index contributed by atoms with van der Waals surface area (Å²) in [5.41, 5.74) is -2.17. The number of carbonyl (C=O) groups is 1. The lowest BCUT2D eigenvalue weighted by atomic mass is 9.99. The van der Waals surface area contributed by atoms with E-state index < -0.39 is 29.0 Å². The van der Waals surface area contributed by atoms with Gasteiger partial charge in [0.25, 0.3) is 5.91 Å². The molecule has 0 aromatic heterocycles. The Balaban J connectivity index is 2.86. The van der Waals surface area contributed by atoms with Crippen LogP contribution in [0.5, 0.6) is 0 Å². The molecule has 1 aromatic rings. The molecule has 0 heterocycles.